The Hall–Kier alpha value is -0.160. The van der Waals surface area contributed by atoms with E-state index in [1.54, 1.807) is 0 Å². The number of morpholine rings is 1. The number of nitrogens with zero attached hydrogens (tertiary/aromatic N) is 2. The molecule has 2 N–H and O–H groups in total. The first-order valence-corrected chi connectivity index (χ1v) is 6.86. The van der Waals surface area contributed by atoms with E-state index in [-0.39, 0.29) is 0 Å². The number of likely N-dealkylation sites (tertiary alicyclic amines) is 1. The van der Waals surface area contributed by atoms with Crippen LogP contribution in [0, 0.1) is 5.41 Å². The van der Waals surface area contributed by atoms with E-state index in [0.29, 0.717) is 11.5 Å². The average Bonchev–Trinajstić information content (AvgIpc) is 2.32. The van der Waals surface area contributed by atoms with Gasteiger partial charge in [0.15, 0.2) is 0 Å². The molecule has 0 aromatic carbocycles. The fourth-order valence-electron chi connectivity index (χ4n) is 2.56. The van der Waals surface area contributed by atoms with Crippen molar-refractivity contribution in [3.63, 3.8) is 0 Å². The van der Waals surface area contributed by atoms with Gasteiger partial charge in [-0.1, -0.05) is 13.8 Å². The van der Waals surface area contributed by atoms with Crippen LogP contribution in [-0.2, 0) is 4.74 Å². The zero-order chi connectivity index (χ0) is 12.3. The topological polar surface area (TPSA) is 41.7 Å². The fourth-order valence-corrected chi connectivity index (χ4v) is 2.56. The van der Waals surface area contributed by atoms with Crippen LogP contribution in [0.15, 0.2) is 0 Å². The quantitative estimate of drug-likeness (QED) is 0.775. The van der Waals surface area contributed by atoms with E-state index in [1.165, 1.54) is 13.0 Å². The molecule has 2 heterocycles. The molecule has 2 rings (SSSR count). The summed E-state index contributed by atoms with van der Waals surface area (Å²) < 4.78 is 5.36. The Morgan fingerprint density at radius 3 is 2.41 bits per heavy atom. The molecule has 0 aromatic rings. The van der Waals surface area contributed by atoms with Crippen molar-refractivity contribution in [1.82, 2.24) is 9.80 Å². The zero-order valence-corrected chi connectivity index (χ0v) is 11.3. The number of piperidine rings is 1. The summed E-state index contributed by atoms with van der Waals surface area (Å²) in [6, 6.07) is 0.320. The number of ether oxygens (including phenoxy) is 1. The highest BCUT2D eigenvalue weighted by Crippen LogP contribution is 2.28. The molecule has 2 aliphatic rings. The molecule has 2 aliphatic heterocycles. The van der Waals surface area contributed by atoms with E-state index in [0.717, 1.165) is 45.9 Å². The minimum atomic E-state index is 0.315. The Balaban J connectivity index is 1.70. The highest BCUT2D eigenvalue weighted by Gasteiger charge is 2.32. The molecule has 0 saturated carbocycles. The Labute approximate surface area is 105 Å². The summed E-state index contributed by atoms with van der Waals surface area (Å²) in [7, 11) is 0. The average molecular weight is 241 g/mol. The first-order valence-electron chi connectivity index (χ1n) is 6.86. The van der Waals surface area contributed by atoms with E-state index in [2.05, 4.69) is 23.6 Å². The predicted octanol–water partition coefficient (Wildman–Crippen LogP) is 0.378. The first kappa shape index (κ1) is 13.3. The van der Waals surface area contributed by atoms with Crippen molar-refractivity contribution in [3.8, 4) is 0 Å². The summed E-state index contributed by atoms with van der Waals surface area (Å²) in [4.78, 5) is 5.01. The molecule has 1 unspecified atom stereocenters. The second-order valence-corrected chi connectivity index (χ2v) is 6.10. The normalized spacial score (nSPS) is 31.6. The monoisotopic (exact) mass is 241 g/mol. The Morgan fingerprint density at radius 1 is 1.12 bits per heavy atom. The van der Waals surface area contributed by atoms with Gasteiger partial charge in [-0.15, -0.1) is 0 Å². The van der Waals surface area contributed by atoms with E-state index in [9.17, 15) is 0 Å². The van der Waals surface area contributed by atoms with E-state index < -0.39 is 0 Å². The van der Waals surface area contributed by atoms with Crippen LogP contribution in [0.2, 0.25) is 0 Å². The van der Waals surface area contributed by atoms with Crippen LogP contribution in [0.1, 0.15) is 20.3 Å². The second kappa shape index (κ2) is 5.65. The predicted molar refractivity (Wildman–Crippen MR) is 70.1 cm³/mol. The maximum Gasteiger partial charge on any atom is 0.0594 e. The third-order valence-corrected chi connectivity index (χ3v) is 4.37. The summed E-state index contributed by atoms with van der Waals surface area (Å²) in [5.74, 6) is 0. The molecule has 4 heteroatoms. The van der Waals surface area contributed by atoms with Crippen LogP contribution in [0.3, 0.4) is 0 Å². The largest absolute Gasteiger partial charge is 0.379 e. The van der Waals surface area contributed by atoms with Gasteiger partial charge in [-0.05, 0) is 18.4 Å². The molecule has 0 spiro atoms. The molecule has 100 valence electrons. The molecule has 17 heavy (non-hydrogen) atoms. The smallest absolute Gasteiger partial charge is 0.0594 e. The molecule has 2 saturated heterocycles. The maximum absolute atomic E-state index is 6.24. The highest BCUT2D eigenvalue weighted by atomic mass is 16.5. The van der Waals surface area contributed by atoms with Crippen molar-refractivity contribution >= 4 is 0 Å². The Morgan fingerprint density at radius 2 is 1.76 bits per heavy atom. The van der Waals surface area contributed by atoms with Gasteiger partial charge in [0.05, 0.1) is 13.2 Å². The van der Waals surface area contributed by atoms with Crippen molar-refractivity contribution < 1.29 is 4.74 Å². The van der Waals surface area contributed by atoms with Gasteiger partial charge < -0.3 is 15.4 Å². The van der Waals surface area contributed by atoms with Gasteiger partial charge >= 0.3 is 0 Å². The van der Waals surface area contributed by atoms with Gasteiger partial charge in [-0.25, -0.2) is 0 Å². The summed E-state index contributed by atoms with van der Waals surface area (Å²) in [5.41, 5.74) is 6.55. The van der Waals surface area contributed by atoms with Crippen LogP contribution >= 0.6 is 0 Å². The van der Waals surface area contributed by atoms with E-state index in [4.69, 9.17) is 10.5 Å². The van der Waals surface area contributed by atoms with Crippen molar-refractivity contribution in [2.75, 3.05) is 52.5 Å². The SMILES string of the molecule is CC1(C)CCN(CCN2CCOCC2)CC1N. The molecule has 0 aromatic heterocycles. The Bertz CT molecular complexity index is 239. The van der Waals surface area contributed by atoms with Gasteiger partial charge in [0.25, 0.3) is 0 Å². The minimum absolute atomic E-state index is 0.315. The summed E-state index contributed by atoms with van der Waals surface area (Å²) in [6.07, 6.45) is 1.22. The second-order valence-electron chi connectivity index (χ2n) is 6.10. The maximum atomic E-state index is 6.24. The molecule has 0 bridgehead atoms. The number of hydrogen-bond acceptors (Lipinski definition) is 4. The van der Waals surface area contributed by atoms with Gasteiger partial charge in [0.2, 0.25) is 0 Å². The zero-order valence-electron chi connectivity index (χ0n) is 11.3. The molecule has 0 amide bonds. The molecular weight excluding hydrogens is 214 g/mol. The van der Waals surface area contributed by atoms with Gasteiger partial charge in [-0.2, -0.15) is 0 Å². The van der Waals surface area contributed by atoms with Crippen LogP contribution in [-0.4, -0.2) is 68.3 Å². The Kier molecular flexibility index (Phi) is 4.42. The molecule has 0 radical (unpaired) electrons. The standard InChI is InChI=1S/C13H27N3O/c1-13(2)3-4-16(11-12(13)14)6-5-15-7-9-17-10-8-15/h12H,3-11,14H2,1-2H3. The van der Waals surface area contributed by atoms with Gasteiger partial charge in [-0.3, -0.25) is 4.90 Å². The van der Waals surface area contributed by atoms with E-state index in [1.807, 2.05) is 0 Å². The molecule has 2 fully saturated rings. The third-order valence-electron chi connectivity index (χ3n) is 4.37. The van der Waals surface area contributed by atoms with Crippen LogP contribution < -0.4 is 5.73 Å². The van der Waals surface area contributed by atoms with Crippen LogP contribution in [0.25, 0.3) is 0 Å². The summed E-state index contributed by atoms with van der Waals surface area (Å²) in [5, 5.41) is 0. The summed E-state index contributed by atoms with van der Waals surface area (Å²) in [6.45, 7) is 13.1. The van der Waals surface area contributed by atoms with Crippen LogP contribution in [0.4, 0.5) is 0 Å². The van der Waals surface area contributed by atoms with E-state index >= 15 is 0 Å². The van der Waals surface area contributed by atoms with Crippen molar-refractivity contribution in [3.05, 3.63) is 0 Å². The fraction of sp³-hybridized carbons (Fsp3) is 1.00. The van der Waals surface area contributed by atoms with Gasteiger partial charge in [0, 0.05) is 38.8 Å². The molecular formula is C13H27N3O. The lowest BCUT2D eigenvalue weighted by atomic mass is 9.78. The molecule has 4 nitrogen and oxygen atoms in total. The molecule has 0 aliphatic carbocycles. The third kappa shape index (κ3) is 3.65. The first-order chi connectivity index (χ1) is 8.08. The lowest BCUT2D eigenvalue weighted by Gasteiger charge is -2.42. The minimum Gasteiger partial charge on any atom is -0.379 e. The van der Waals surface area contributed by atoms with Crippen LogP contribution in [0.5, 0.6) is 0 Å². The van der Waals surface area contributed by atoms with Crippen molar-refractivity contribution in [2.24, 2.45) is 11.1 Å². The highest BCUT2D eigenvalue weighted by molar-refractivity contribution is 4.89. The van der Waals surface area contributed by atoms with Gasteiger partial charge in [0.1, 0.15) is 0 Å². The number of hydrogen-bond donors (Lipinski definition) is 1. The van der Waals surface area contributed by atoms with Crippen molar-refractivity contribution in [1.29, 1.82) is 0 Å². The van der Waals surface area contributed by atoms with Crippen molar-refractivity contribution in [2.45, 2.75) is 26.3 Å². The lowest BCUT2D eigenvalue weighted by Crippen LogP contribution is -2.54. The number of nitrogens with two attached hydrogens (primary N) is 1. The summed E-state index contributed by atoms with van der Waals surface area (Å²) >= 11 is 0. The lowest BCUT2D eigenvalue weighted by molar-refractivity contribution is 0.0276. The molecule has 1 atom stereocenters. The number of rotatable bonds is 3.